The lowest BCUT2D eigenvalue weighted by molar-refractivity contribution is -0.148. The molecular weight excluding hydrogens is 346 g/mol. The Bertz CT molecular complexity index is 585. The molecule has 1 aromatic rings. The lowest BCUT2D eigenvalue weighted by atomic mass is 10.1. The van der Waals surface area contributed by atoms with Crippen LogP contribution in [0.2, 0.25) is 10.0 Å². The van der Waals surface area contributed by atoms with Gasteiger partial charge in [0.15, 0.2) is 6.61 Å². The molecule has 2 rings (SSSR count). The molecule has 3 nitrogen and oxygen atoms in total. The summed E-state index contributed by atoms with van der Waals surface area (Å²) in [6, 6.07) is 4.49. The van der Waals surface area contributed by atoms with Gasteiger partial charge in [-0.05, 0) is 25.1 Å². The SMILES string of the molecule is C[C@@]1(C(=O)OCC(=O)c2cc(Cl)ccc2Cl)CC1(Cl)Cl. The van der Waals surface area contributed by atoms with Crippen molar-refractivity contribution in [1.29, 1.82) is 0 Å². The highest BCUT2D eigenvalue weighted by Crippen LogP contribution is 2.64. The first-order valence-electron chi connectivity index (χ1n) is 5.71. The van der Waals surface area contributed by atoms with Gasteiger partial charge in [-0.1, -0.05) is 23.2 Å². The smallest absolute Gasteiger partial charge is 0.315 e. The second kappa shape index (κ2) is 5.38. The molecule has 1 aliphatic carbocycles. The van der Waals surface area contributed by atoms with Gasteiger partial charge in [0, 0.05) is 17.0 Å². The van der Waals surface area contributed by atoms with Crippen LogP contribution in [0.1, 0.15) is 23.7 Å². The molecule has 0 spiro atoms. The normalized spacial score (nSPS) is 23.2. The summed E-state index contributed by atoms with van der Waals surface area (Å²) in [6.07, 6.45) is 0.300. The van der Waals surface area contributed by atoms with Crippen LogP contribution in [0.5, 0.6) is 0 Å². The molecule has 0 aliphatic heterocycles. The molecule has 0 heterocycles. The van der Waals surface area contributed by atoms with Crippen molar-refractivity contribution in [2.24, 2.45) is 5.41 Å². The van der Waals surface area contributed by atoms with Crippen molar-refractivity contribution in [2.45, 2.75) is 17.7 Å². The third kappa shape index (κ3) is 2.91. The van der Waals surface area contributed by atoms with E-state index in [4.69, 9.17) is 51.1 Å². The standard InChI is InChI=1S/C13H10Cl4O3/c1-12(6-13(12,16)17)11(19)20-5-10(18)8-4-7(14)2-3-9(8)15/h2-4H,5-6H2,1H3/t12-/m0/s1. The molecule has 0 amide bonds. The number of carbonyl (C=O) groups excluding carboxylic acids is 2. The minimum atomic E-state index is -1.12. The largest absolute Gasteiger partial charge is 0.457 e. The number of ketones is 1. The van der Waals surface area contributed by atoms with E-state index < -0.39 is 28.1 Å². The maximum atomic E-state index is 11.9. The lowest BCUT2D eigenvalue weighted by Gasteiger charge is -2.11. The average Bonchev–Trinajstić information content (AvgIpc) is 2.89. The summed E-state index contributed by atoms with van der Waals surface area (Å²) in [5.41, 5.74) is -0.759. The number of rotatable bonds is 4. The van der Waals surface area contributed by atoms with E-state index in [0.29, 0.717) is 11.4 Å². The fraction of sp³-hybridized carbons (Fsp3) is 0.385. The van der Waals surface area contributed by atoms with Gasteiger partial charge in [-0.25, -0.2) is 0 Å². The molecule has 1 aromatic carbocycles. The maximum absolute atomic E-state index is 11.9. The molecule has 0 saturated heterocycles. The molecule has 0 bridgehead atoms. The molecule has 1 saturated carbocycles. The molecule has 20 heavy (non-hydrogen) atoms. The first-order chi connectivity index (χ1) is 9.17. The van der Waals surface area contributed by atoms with Crippen LogP contribution in [-0.4, -0.2) is 22.7 Å². The van der Waals surface area contributed by atoms with E-state index in [9.17, 15) is 9.59 Å². The van der Waals surface area contributed by atoms with Gasteiger partial charge in [0.1, 0.15) is 9.75 Å². The van der Waals surface area contributed by atoms with Crippen molar-refractivity contribution in [3.8, 4) is 0 Å². The van der Waals surface area contributed by atoms with Gasteiger partial charge in [-0.15, -0.1) is 23.2 Å². The van der Waals surface area contributed by atoms with Crippen molar-refractivity contribution in [3.63, 3.8) is 0 Å². The molecule has 1 atom stereocenters. The van der Waals surface area contributed by atoms with Crippen LogP contribution in [0.3, 0.4) is 0 Å². The molecule has 0 aromatic heterocycles. The minimum Gasteiger partial charge on any atom is -0.457 e. The zero-order valence-corrected chi connectivity index (χ0v) is 13.4. The topological polar surface area (TPSA) is 43.4 Å². The molecule has 1 fully saturated rings. The maximum Gasteiger partial charge on any atom is 0.315 e. The van der Waals surface area contributed by atoms with Gasteiger partial charge in [-0.2, -0.15) is 0 Å². The molecular formula is C13H10Cl4O3. The number of hydrogen-bond donors (Lipinski definition) is 0. The van der Waals surface area contributed by atoms with Crippen molar-refractivity contribution < 1.29 is 14.3 Å². The summed E-state index contributed by atoms with van der Waals surface area (Å²) in [7, 11) is 0. The van der Waals surface area contributed by atoms with E-state index in [-0.39, 0.29) is 10.6 Å². The van der Waals surface area contributed by atoms with Gasteiger partial charge in [-0.3, -0.25) is 9.59 Å². The second-order valence-electron chi connectivity index (χ2n) is 4.84. The number of esters is 1. The highest BCUT2D eigenvalue weighted by atomic mass is 35.5. The zero-order chi connectivity index (χ0) is 15.1. The van der Waals surface area contributed by atoms with Crippen LogP contribution >= 0.6 is 46.4 Å². The van der Waals surface area contributed by atoms with E-state index in [1.807, 2.05) is 0 Å². The van der Waals surface area contributed by atoms with Gasteiger partial charge >= 0.3 is 5.97 Å². The van der Waals surface area contributed by atoms with E-state index >= 15 is 0 Å². The molecule has 108 valence electrons. The molecule has 1 aliphatic rings. The summed E-state index contributed by atoms with van der Waals surface area (Å²) in [6.45, 7) is 1.16. The predicted octanol–water partition coefficient (Wildman–Crippen LogP) is 4.30. The molecule has 0 radical (unpaired) electrons. The summed E-state index contributed by atoms with van der Waals surface area (Å²) < 4.78 is 3.83. The molecule has 0 N–H and O–H groups in total. The first kappa shape index (κ1) is 15.9. The Morgan fingerprint density at radius 1 is 1.30 bits per heavy atom. The first-order valence-corrected chi connectivity index (χ1v) is 7.22. The summed E-state index contributed by atoms with van der Waals surface area (Å²) in [5, 5.41) is 0.621. The van der Waals surface area contributed by atoms with Crippen molar-refractivity contribution >= 4 is 58.2 Å². The quantitative estimate of drug-likeness (QED) is 0.459. The Kier molecular flexibility index (Phi) is 4.27. The second-order valence-corrected chi connectivity index (χ2v) is 7.16. The third-order valence-corrected chi connectivity index (χ3v) is 4.94. The Balaban J connectivity index is 2.00. The van der Waals surface area contributed by atoms with Gasteiger partial charge in [0.25, 0.3) is 0 Å². The lowest BCUT2D eigenvalue weighted by Crippen LogP contribution is -2.24. The number of carbonyl (C=O) groups is 2. The van der Waals surface area contributed by atoms with E-state index in [1.165, 1.54) is 12.1 Å². The summed E-state index contributed by atoms with van der Waals surface area (Å²) in [5.74, 6) is -1.04. The van der Waals surface area contributed by atoms with Crippen molar-refractivity contribution in [2.75, 3.05) is 6.61 Å². The van der Waals surface area contributed by atoms with E-state index in [0.717, 1.165) is 0 Å². The summed E-state index contributed by atoms with van der Waals surface area (Å²) >= 11 is 23.4. The Morgan fingerprint density at radius 2 is 1.90 bits per heavy atom. The Morgan fingerprint density at radius 3 is 2.45 bits per heavy atom. The predicted molar refractivity (Wildman–Crippen MR) is 78.9 cm³/mol. The molecule has 0 unspecified atom stereocenters. The number of ether oxygens (including phenoxy) is 1. The fourth-order valence-electron chi connectivity index (χ4n) is 1.70. The van der Waals surface area contributed by atoms with Crippen LogP contribution < -0.4 is 0 Å². The van der Waals surface area contributed by atoms with E-state index in [1.54, 1.807) is 13.0 Å². The van der Waals surface area contributed by atoms with Crippen molar-refractivity contribution in [1.82, 2.24) is 0 Å². The van der Waals surface area contributed by atoms with Crippen LogP contribution in [0, 0.1) is 5.41 Å². The molecule has 7 heteroatoms. The number of hydrogen-bond acceptors (Lipinski definition) is 3. The van der Waals surface area contributed by atoms with Crippen molar-refractivity contribution in [3.05, 3.63) is 33.8 Å². The number of benzene rings is 1. The highest BCUT2D eigenvalue weighted by molar-refractivity contribution is 6.53. The monoisotopic (exact) mass is 354 g/mol. The van der Waals surface area contributed by atoms with Crippen LogP contribution in [0.25, 0.3) is 0 Å². The highest BCUT2D eigenvalue weighted by Gasteiger charge is 2.69. The third-order valence-electron chi connectivity index (χ3n) is 3.27. The van der Waals surface area contributed by atoms with Crippen LogP contribution in [0.15, 0.2) is 18.2 Å². The van der Waals surface area contributed by atoms with Gasteiger partial charge in [0.2, 0.25) is 5.78 Å². The Hall–Kier alpha value is -0.480. The van der Waals surface area contributed by atoms with Gasteiger partial charge in [0.05, 0.1) is 5.02 Å². The number of halogens is 4. The minimum absolute atomic E-state index is 0.205. The summed E-state index contributed by atoms with van der Waals surface area (Å²) in [4.78, 5) is 23.8. The Labute approximate surface area is 136 Å². The number of alkyl halides is 2. The number of Topliss-reactive ketones (excluding diaryl/α,β-unsaturated/α-hetero) is 1. The average molecular weight is 356 g/mol. The van der Waals surface area contributed by atoms with Crippen LogP contribution in [0.4, 0.5) is 0 Å². The van der Waals surface area contributed by atoms with E-state index in [2.05, 4.69) is 0 Å². The zero-order valence-electron chi connectivity index (χ0n) is 10.4. The van der Waals surface area contributed by atoms with Crippen LogP contribution in [-0.2, 0) is 9.53 Å². The fourth-order valence-corrected chi connectivity index (χ4v) is 2.78. The van der Waals surface area contributed by atoms with Gasteiger partial charge < -0.3 is 4.74 Å².